The van der Waals surface area contributed by atoms with E-state index in [1.54, 1.807) is 0 Å². The van der Waals surface area contributed by atoms with Crippen LogP contribution in [-0.2, 0) is 0 Å². The molecule has 0 fully saturated rings. The van der Waals surface area contributed by atoms with E-state index in [0.29, 0.717) is 11.0 Å². The Balaban J connectivity index is 2.41. The maximum Gasteiger partial charge on any atom is 0.387 e. The maximum absolute atomic E-state index is 12.4. The van der Waals surface area contributed by atoms with Gasteiger partial charge in [0.15, 0.2) is 11.3 Å². The summed E-state index contributed by atoms with van der Waals surface area (Å²) in [7, 11) is 0. The average molecular weight is 279 g/mol. The summed E-state index contributed by atoms with van der Waals surface area (Å²) in [5, 5.41) is 9.81. The number of carboxylic acid groups (broad SMARTS) is 1. The normalized spacial score (nSPS) is 11.3. The number of aromatic carboxylic acids is 1. The standard InChI is InChI=1S/C13H7F2NO4/c14-13(15)20-9-2-1-6(12(17)18)10-7-5-16-4-3-8(7)19-11(9)10/h1-5,13H,(H,17,18). The number of carboxylic acids is 1. The summed E-state index contributed by atoms with van der Waals surface area (Å²) in [6.45, 7) is -3.03. The first kappa shape index (κ1) is 12.3. The van der Waals surface area contributed by atoms with Crippen molar-refractivity contribution in [1.29, 1.82) is 0 Å². The van der Waals surface area contributed by atoms with Crippen LogP contribution in [0.3, 0.4) is 0 Å². The maximum atomic E-state index is 12.4. The Labute approximate surface area is 110 Å². The van der Waals surface area contributed by atoms with Gasteiger partial charge in [-0.2, -0.15) is 8.78 Å². The Morgan fingerprint density at radius 2 is 2.15 bits per heavy atom. The smallest absolute Gasteiger partial charge is 0.387 e. The number of fused-ring (bicyclic) bond motifs is 3. The summed E-state index contributed by atoms with van der Waals surface area (Å²) in [5.74, 6) is -1.40. The Kier molecular flexibility index (Phi) is 2.74. The molecule has 0 atom stereocenters. The minimum absolute atomic E-state index is 0.0341. The number of ether oxygens (including phenoxy) is 1. The first-order valence-corrected chi connectivity index (χ1v) is 5.55. The molecular formula is C13H7F2NO4. The molecule has 102 valence electrons. The van der Waals surface area contributed by atoms with Gasteiger partial charge in [-0.25, -0.2) is 4.79 Å². The number of benzene rings is 1. The van der Waals surface area contributed by atoms with Crippen molar-refractivity contribution in [2.45, 2.75) is 6.61 Å². The van der Waals surface area contributed by atoms with Crippen LogP contribution in [0.25, 0.3) is 21.9 Å². The quantitative estimate of drug-likeness (QED) is 0.796. The van der Waals surface area contributed by atoms with Crippen LogP contribution in [0.1, 0.15) is 10.4 Å². The Morgan fingerprint density at radius 1 is 1.35 bits per heavy atom. The number of alkyl halides is 2. The lowest BCUT2D eigenvalue weighted by Gasteiger charge is -2.05. The van der Waals surface area contributed by atoms with Crippen LogP contribution in [0.2, 0.25) is 0 Å². The van der Waals surface area contributed by atoms with E-state index in [4.69, 9.17) is 4.42 Å². The highest BCUT2D eigenvalue weighted by Gasteiger charge is 2.20. The van der Waals surface area contributed by atoms with Gasteiger partial charge in [-0.15, -0.1) is 0 Å². The minimum Gasteiger partial charge on any atom is -0.478 e. The number of furan rings is 1. The molecule has 5 nitrogen and oxygen atoms in total. The largest absolute Gasteiger partial charge is 0.478 e. The van der Waals surface area contributed by atoms with E-state index in [0.717, 1.165) is 6.07 Å². The topological polar surface area (TPSA) is 72.6 Å². The van der Waals surface area contributed by atoms with Crippen molar-refractivity contribution >= 4 is 27.9 Å². The minimum atomic E-state index is -3.03. The molecule has 0 amide bonds. The summed E-state index contributed by atoms with van der Waals surface area (Å²) in [5.41, 5.74) is 0.254. The number of halogens is 2. The molecule has 1 aromatic carbocycles. The third-order valence-electron chi connectivity index (χ3n) is 2.83. The molecule has 0 aliphatic carbocycles. The van der Waals surface area contributed by atoms with Crippen molar-refractivity contribution in [3.63, 3.8) is 0 Å². The molecule has 3 aromatic rings. The highest BCUT2D eigenvalue weighted by molar-refractivity contribution is 6.15. The average Bonchev–Trinajstić information content (AvgIpc) is 2.78. The number of nitrogens with zero attached hydrogens (tertiary/aromatic N) is 1. The van der Waals surface area contributed by atoms with Crippen LogP contribution in [0.15, 0.2) is 35.0 Å². The number of hydrogen-bond donors (Lipinski definition) is 1. The molecule has 0 saturated carbocycles. The summed E-state index contributed by atoms with van der Waals surface area (Å²) in [4.78, 5) is 15.1. The monoisotopic (exact) mass is 279 g/mol. The van der Waals surface area contributed by atoms with Gasteiger partial charge in [0.1, 0.15) is 5.58 Å². The van der Waals surface area contributed by atoms with Gasteiger partial charge in [-0.3, -0.25) is 4.98 Å². The van der Waals surface area contributed by atoms with E-state index in [2.05, 4.69) is 9.72 Å². The van der Waals surface area contributed by atoms with Crippen LogP contribution in [-0.4, -0.2) is 22.7 Å². The molecule has 0 spiro atoms. The van der Waals surface area contributed by atoms with Crippen molar-refractivity contribution in [1.82, 2.24) is 4.98 Å². The lowest BCUT2D eigenvalue weighted by molar-refractivity contribution is -0.0493. The Morgan fingerprint density at radius 3 is 2.85 bits per heavy atom. The number of rotatable bonds is 3. The molecule has 2 aromatic heterocycles. The van der Waals surface area contributed by atoms with Crippen molar-refractivity contribution in [2.24, 2.45) is 0 Å². The van der Waals surface area contributed by atoms with E-state index in [1.165, 1.54) is 24.5 Å². The number of pyridine rings is 1. The fraction of sp³-hybridized carbons (Fsp3) is 0.0769. The van der Waals surface area contributed by atoms with Gasteiger partial charge < -0.3 is 14.3 Å². The molecule has 0 aliphatic rings. The van der Waals surface area contributed by atoms with Gasteiger partial charge in [0.05, 0.1) is 5.56 Å². The second-order valence-electron chi connectivity index (χ2n) is 3.97. The molecule has 0 radical (unpaired) electrons. The van der Waals surface area contributed by atoms with Crippen molar-refractivity contribution < 1.29 is 27.8 Å². The third kappa shape index (κ3) is 1.83. The zero-order valence-corrected chi connectivity index (χ0v) is 9.84. The predicted octanol–water partition coefficient (Wildman–Crippen LogP) is 3.28. The SMILES string of the molecule is O=C(O)c1ccc(OC(F)F)c2oc3ccncc3c12. The van der Waals surface area contributed by atoms with Crippen LogP contribution in [0.5, 0.6) is 5.75 Å². The van der Waals surface area contributed by atoms with Crippen LogP contribution in [0, 0.1) is 0 Å². The highest BCUT2D eigenvalue weighted by atomic mass is 19.3. The molecular weight excluding hydrogens is 272 g/mol. The van der Waals surface area contributed by atoms with Crippen LogP contribution < -0.4 is 4.74 Å². The highest BCUT2D eigenvalue weighted by Crippen LogP contribution is 2.37. The number of carbonyl (C=O) groups is 1. The van der Waals surface area contributed by atoms with Gasteiger partial charge in [0.2, 0.25) is 0 Å². The molecule has 0 unspecified atom stereocenters. The van der Waals surface area contributed by atoms with Crippen molar-refractivity contribution in [2.75, 3.05) is 0 Å². The molecule has 0 bridgehead atoms. The van der Waals surface area contributed by atoms with E-state index in [-0.39, 0.29) is 22.3 Å². The van der Waals surface area contributed by atoms with Crippen molar-refractivity contribution in [3.8, 4) is 5.75 Å². The lowest BCUT2D eigenvalue weighted by Crippen LogP contribution is -2.03. The van der Waals surface area contributed by atoms with Gasteiger partial charge in [0.25, 0.3) is 0 Å². The summed E-state index contributed by atoms with van der Waals surface area (Å²) in [6.07, 6.45) is 2.87. The van der Waals surface area contributed by atoms with E-state index >= 15 is 0 Å². The number of hydrogen-bond acceptors (Lipinski definition) is 4. The van der Waals surface area contributed by atoms with E-state index in [1.807, 2.05) is 0 Å². The van der Waals surface area contributed by atoms with Crippen molar-refractivity contribution in [3.05, 3.63) is 36.2 Å². The molecule has 7 heteroatoms. The lowest BCUT2D eigenvalue weighted by atomic mass is 10.1. The predicted molar refractivity (Wildman–Crippen MR) is 65.1 cm³/mol. The van der Waals surface area contributed by atoms with E-state index in [9.17, 15) is 18.7 Å². The van der Waals surface area contributed by atoms with Gasteiger partial charge in [-0.05, 0) is 18.2 Å². The zero-order valence-electron chi connectivity index (χ0n) is 9.84. The Bertz CT molecular complexity index is 813. The molecule has 0 aliphatic heterocycles. The fourth-order valence-corrected chi connectivity index (χ4v) is 2.07. The second kappa shape index (κ2) is 4.44. The number of aromatic nitrogens is 1. The summed E-state index contributed by atoms with van der Waals surface area (Å²) in [6, 6.07) is 3.87. The third-order valence-corrected chi connectivity index (χ3v) is 2.83. The zero-order chi connectivity index (χ0) is 14.3. The van der Waals surface area contributed by atoms with Gasteiger partial charge in [0, 0.05) is 23.2 Å². The van der Waals surface area contributed by atoms with E-state index < -0.39 is 12.6 Å². The van der Waals surface area contributed by atoms with Crippen LogP contribution in [0.4, 0.5) is 8.78 Å². The van der Waals surface area contributed by atoms with Gasteiger partial charge in [-0.1, -0.05) is 0 Å². The molecule has 2 heterocycles. The summed E-state index contributed by atoms with van der Waals surface area (Å²) >= 11 is 0. The first-order chi connectivity index (χ1) is 9.58. The van der Waals surface area contributed by atoms with Crippen LogP contribution >= 0.6 is 0 Å². The van der Waals surface area contributed by atoms with Gasteiger partial charge >= 0.3 is 12.6 Å². The Hall–Kier alpha value is -2.70. The molecule has 3 rings (SSSR count). The summed E-state index contributed by atoms with van der Waals surface area (Å²) < 4.78 is 34.5. The molecule has 0 saturated heterocycles. The first-order valence-electron chi connectivity index (χ1n) is 5.55. The molecule has 1 N–H and O–H groups in total. The molecule has 20 heavy (non-hydrogen) atoms. The second-order valence-corrected chi connectivity index (χ2v) is 3.97. The fourth-order valence-electron chi connectivity index (χ4n) is 2.07.